The summed E-state index contributed by atoms with van der Waals surface area (Å²) in [5.74, 6) is 0.108. The molecule has 1 aliphatic rings. The number of benzene rings is 2. The topological polar surface area (TPSA) is 81.1 Å². The van der Waals surface area contributed by atoms with Crippen LogP contribution in [0.2, 0.25) is 0 Å². The molecule has 1 saturated heterocycles. The van der Waals surface area contributed by atoms with Gasteiger partial charge in [-0.3, -0.25) is 9.48 Å². The van der Waals surface area contributed by atoms with Crippen LogP contribution in [-0.4, -0.2) is 35.6 Å². The predicted molar refractivity (Wildman–Crippen MR) is 116 cm³/mol. The van der Waals surface area contributed by atoms with Gasteiger partial charge < -0.3 is 5.32 Å². The summed E-state index contributed by atoms with van der Waals surface area (Å²) in [6, 6.07) is 20.0. The molecule has 3 aromatic rings. The van der Waals surface area contributed by atoms with E-state index in [-0.39, 0.29) is 29.8 Å². The van der Waals surface area contributed by atoms with Crippen molar-refractivity contribution in [2.75, 3.05) is 11.5 Å². The van der Waals surface area contributed by atoms with E-state index in [0.717, 1.165) is 22.4 Å². The highest BCUT2D eigenvalue weighted by molar-refractivity contribution is 7.91. The van der Waals surface area contributed by atoms with Gasteiger partial charge in [0.1, 0.15) is 0 Å². The summed E-state index contributed by atoms with van der Waals surface area (Å²) >= 11 is 0. The fourth-order valence-corrected chi connectivity index (χ4v) is 5.71. The van der Waals surface area contributed by atoms with Gasteiger partial charge in [0, 0.05) is 30.3 Å². The third kappa shape index (κ3) is 5.16. The first-order valence-electron chi connectivity index (χ1n) is 10.1. The molecule has 0 aliphatic carbocycles. The minimum absolute atomic E-state index is 0.0793. The maximum absolute atomic E-state index is 12.4. The molecule has 1 aliphatic heterocycles. The number of carbonyl (C=O) groups excluding carboxylic acids is 1. The second-order valence-electron chi connectivity index (χ2n) is 7.80. The van der Waals surface area contributed by atoms with E-state index in [1.165, 1.54) is 0 Å². The molecule has 7 heteroatoms. The Bertz CT molecular complexity index is 1110. The predicted octanol–water partition coefficient (Wildman–Crippen LogP) is 3.04. The van der Waals surface area contributed by atoms with Crippen molar-refractivity contribution < 1.29 is 13.2 Å². The third-order valence-electron chi connectivity index (χ3n) is 5.35. The number of amides is 1. The SMILES string of the molecule is O=C(C[C@@H]1CCS(=O)(=O)C1)NCc1cn(Cc2ccccc2)nc1-c1ccccc1. The second-order valence-corrected chi connectivity index (χ2v) is 10.0. The summed E-state index contributed by atoms with van der Waals surface area (Å²) in [4.78, 5) is 12.4. The first-order valence-corrected chi connectivity index (χ1v) is 11.9. The normalized spacial score (nSPS) is 17.7. The summed E-state index contributed by atoms with van der Waals surface area (Å²) in [7, 11) is -2.97. The molecule has 0 bridgehead atoms. The number of carbonyl (C=O) groups is 1. The highest BCUT2D eigenvalue weighted by Gasteiger charge is 2.29. The van der Waals surface area contributed by atoms with E-state index in [9.17, 15) is 13.2 Å². The number of hydrogen-bond donors (Lipinski definition) is 1. The molecule has 1 atom stereocenters. The van der Waals surface area contributed by atoms with Gasteiger partial charge in [0.05, 0.1) is 23.7 Å². The van der Waals surface area contributed by atoms with E-state index >= 15 is 0 Å². The van der Waals surface area contributed by atoms with Crippen molar-refractivity contribution >= 4 is 15.7 Å². The molecule has 0 saturated carbocycles. The highest BCUT2D eigenvalue weighted by Crippen LogP contribution is 2.24. The zero-order valence-corrected chi connectivity index (χ0v) is 17.5. The molecule has 0 radical (unpaired) electrons. The van der Waals surface area contributed by atoms with Gasteiger partial charge in [-0.05, 0) is 17.9 Å². The zero-order valence-electron chi connectivity index (χ0n) is 16.7. The number of sulfone groups is 1. The lowest BCUT2D eigenvalue weighted by Gasteiger charge is -2.09. The molecule has 2 heterocycles. The van der Waals surface area contributed by atoms with Crippen LogP contribution < -0.4 is 5.32 Å². The molecular formula is C23H25N3O3S. The lowest BCUT2D eigenvalue weighted by molar-refractivity contribution is -0.122. The van der Waals surface area contributed by atoms with Crippen LogP contribution >= 0.6 is 0 Å². The number of rotatable bonds is 7. The van der Waals surface area contributed by atoms with E-state index in [2.05, 4.69) is 17.4 Å². The van der Waals surface area contributed by atoms with Crippen LogP contribution in [0.4, 0.5) is 0 Å². The summed E-state index contributed by atoms with van der Waals surface area (Å²) in [6.45, 7) is 1.01. The van der Waals surface area contributed by atoms with Crippen molar-refractivity contribution in [2.24, 2.45) is 5.92 Å². The summed E-state index contributed by atoms with van der Waals surface area (Å²) < 4.78 is 25.1. The molecule has 4 rings (SSSR count). The van der Waals surface area contributed by atoms with Crippen molar-refractivity contribution in [3.8, 4) is 11.3 Å². The van der Waals surface area contributed by atoms with Crippen molar-refractivity contribution in [1.82, 2.24) is 15.1 Å². The van der Waals surface area contributed by atoms with E-state index in [1.54, 1.807) is 0 Å². The molecular weight excluding hydrogens is 398 g/mol. The van der Waals surface area contributed by atoms with Crippen LogP contribution in [0.3, 0.4) is 0 Å². The van der Waals surface area contributed by atoms with E-state index in [0.29, 0.717) is 19.5 Å². The minimum Gasteiger partial charge on any atom is -0.352 e. The largest absolute Gasteiger partial charge is 0.352 e. The standard InChI is InChI=1S/C23H25N3O3S/c27-22(13-19-11-12-30(28,29)17-19)24-14-21-16-26(15-18-7-3-1-4-8-18)25-23(21)20-9-5-2-6-10-20/h1-10,16,19H,11-15,17H2,(H,24,27)/t19-/m0/s1. The summed E-state index contributed by atoms with van der Waals surface area (Å²) in [6.07, 6.45) is 2.79. The monoisotopic (exact) mass is 423 g/mol. The molecule has 1 N–H and O–H groups in total. The average molecular weight is 424 g/mol. The van der Waals surface area contributed by atoms with Crippen LogP contribution in [0.15, 0.2) is 66.9 Å². The quantitative estimate of drug-likeness (QED) is 0.633. The molecule has 6 nitrogen and oxygen atoms in total. The Morgan fingerprint density at radius 3 is 2.43 bits per heavy atom. The van der Waals surface area contributed by atoms with Gasteiger partial charge >= 0.3 is 0 Å². The Kier molecular flexibility index (Phi) is 5.99. The first kappa shape index (κ1) is 20.3. The van der Waals surface area contributed by atoms with Gasteiger partial charge in [0.15, 0.2) is 9.84 Å². The zero-order chi connectivity index (χ0) is 21.0. The summed E-state index contributed by atoms with van der Waals surface area (Å²) in [5, 5.41) is 7.72. The van der Waals surface area contributed by atoms with Gasteiger partial charge in [-0.25, -0.2) is 8.42 Å². The molecule has 30 heavy (non-hydrogen) atoms. The smallest absolute Gasteiger partial charge is 0.220 e. The average Bonchev–Trinajstić information content (AvgIpc) is 3.30. The Morgan fingerprint density at radius 1 is 1.07 bits per heavy atom. The summed E-state index contributed by atoms with van der Waals surface area (Å²) in [5.41, 5.74) is 3.92. The Labute approximate surface area is 176 Å². The molecule has 1 amide bonds. The maximum Gasteiger partial charge on any atom is 0.220 e. The van der Waals surface area contributed by atoms with Crippen molar-refractivity contribution in [3.05, 3.63) is 78.0 Å². The molecule has 1 fully saturated rings. The van der Waals surface area contributed by atoms with Crippen LogP contribution in [-0.2, 0) is 27.7 Å². The number of nitrogens with one attached hydrogen (secondary N) is 1. The Morgan fingerprint density at radius 2 is 1.77 bits per heavy atom. The van der Waals surface area contributed by atoms with Gasteiger partial charge in [-0.1, -0.05) is 60.7 Å². The van der Waals surface area contributed by atoms with Gasteiger partial charge in [0.25, 0.3) is 0 Å². The van der Waals surface area contributed by atoms with Gasteiger partial charge in [-0.2, -0.15) is 5.10 Å². The van der Waals surface area contributed by atoms with Crippen LogP contribution in [0.5, 0.6) is 0 Å². The van der Waals surface area contributed by atoms with E-state index < -0.39 is 9.84 Å². The minimum atomic E-state index is -2.97. The van der Waals surface area contributed by atoms with Gasteiger partial charge in [-0.15, -0.1) is 0 Å². The molecule has 2 aromatic carbocycles. The second kappa shape index (κ2) is 8.83. The molecule has 0 spiro atoms. The Hall–Kier alpha value is -2.93. The first-order chi connectivity index (χ1) is 14.5. The van der Waals surface area contributed by atoms with Crippen molar-refractivity contribution in [2.45, 2.75) is 25.9 Å². The lowest BCUT2D eigenvalue weighted by Crippen LogP contribution is -2.25. The number of nitrogens with zero attached hydrogens (tertiary/aromatic N) is 2. The fraction of sp³-hybridized carbons (Fsp3) is 0.304. The molecule has 0 unspecified atom stereocenters. The van der Waals surface area contributed by atoms with Crippen molar-refractivity contribution in [1.29, 1.82) is 0 Å². The van der Waals surface area contributed by atoms with Crippen LogP contribution in [0.1, 0.15) is 24.0 Å². The Balaban J connectivity index is 1.47. The molecule has 1 aromatic heterocycles. The van der Waals surface area contributed by atoms with Crippen molar-refractivity contribution in [3.63, 3.8) is 0 Å². The van der Waals surface area contributed by atoms with E-state index in [1.807, 2.05) is 59.4 Å². The number of aromatic nitrogens is 2. The van der Waals surface area contributed by atoms with Crippen LogP contribution in [0.25, 0.3) is 11.3 Å². The van der Waals surface area contributed by atoms with Crippen LogP contribution in [0, 0.1) is 5.92 Å². The van der Waals surface area contributed by atoms with Gasteiger partial charge in [0.2, 0.25) is 5.91 Å². The molecule has 156 valence electrons. The fourth-order valence-electron chi connectivity index (χ4n) is 3.84. The highest BCUT2D eigenvalue weighted by atomic mass is 32.2. The third-order valence-corrected chi connectivity index (χ3v) is 7.19. The number of hydrogen-bond acceptors (Lipinski definition) is 4. The van der Waals surface area contributed by atoms with E-state index in [4.69, 9.17) is 5.10 Å². The lowest BCUT2D eigenvalue weighted by atomic mass is 10.0. The maximum atomic E-state index is 12.4.